The highest BCUT2D eigenvalue weighted by Crippen LogP contribution is 2.20. The number of nitrogens with zero attached hydrogens (tertiary/aromatic N) is 2. The van der Waals surface area contributed by atoms with E-state index < -0.39 is 0 Å². The summed E-state index contributed by atoms with van der Waals surface area (Å²) in [5.41, 5.74) is 1.30. The smallest absolute Gasteiger partial charge is 0.244 e. The van der Waals surface area contributed by atoms with E-state index in [1.807, 2.05) is 6.07 Å². The lowest BCUT2D eigenvalue weighted by Crippen LogP contribution is -2.36. The number of benzene rings is 1. The lowest BCUT2D eigenvalue weighted by molar-refractivity contribution is -0.129. The molecule has 1 aromatic carbocycles. The van der Waals surface area contributed by atoms with Crippen molar-refractivity contribution in [2.24, 2.45) is 0 Å². The van der Waals surface area contributed by atoms with Gasteiger partial charge in [-0.15, -0.1) is 0 Å². The molecule has 0 aliphatic heterocycles. The molecular formula is C12H14BrN3O. The molecule has 0 aliphatic rings. The summed E-state index contributed by atoms with van der Waals surface area (Å²) < 4.78 is 0.809. The number of anilines is 1. The van der Waals surface area contributed by atoms with Gasteiger partial charge < -0.3 is 10.2 Å². The minimum Gasteiger partial charge on any atom is -0.374 e. The Kier molecular flexibility index (Phi) is 4.53. The maximum absolute atomic E-state index is 11.7. The van der Waals surface area contributed by atoms with Gasteiger partial charge in [0.05, 0.1) is 11.6 Å². The molecule has 1 amide bonds. The van der Waals surface area contributed by atoms with Gasteiger partial charge in [-0.3, -0.25) is 4.79 Å². The molecule has 1 unspecified atom stereocenters. The first-order valence-electron chi connectivity index (χ1n) is 5.12. The van der Waals surface area contributed by atoms with Crippen LogP contribution >= 0.6 is 15.9 Å². The van der Waals surface area contributed by atoms with Crippen molar-refractivity contribution in [3.8, 4) is 6.07 Å². The molecule has 1 aromatic rings. The molecule has 0 aliphatic carbocycles. The number of carbonyl (C=O) groups is 1. The highest BCUT2D eigenvalue weighted by Gasteiger charge is 2.14. The molecule has 90 valence electrons. The third kappa shape index (κ3) is 3.75. The average Bonchev–Trinajstić information content (AvgIpc) is 2.26. The van der Waals surface area contributed by atoms with Crippen LogP contribution in [0.3, 0.4) is 0 Å². The second-order valence-electron chi connectivity index (χ2n) is 3.94. The summed E-state index contributed by atoms with van der Waals surface area (Å²) in [6.45, 7) is 1.79. The molecule has 5 heteroatoms. The van der Waals surface area contributed by atoms with Crippen LogP contribution in [-0.2, 0) is 4.79 Å². The summed E-state index contributed by atoms with van der Waals surface area (Å²) in [6, 6.07) is 7.01. The van der Waals surface area contributed by atoms with E-state index >= 15 is 0 Å². The number of hydrogen-bond acceptors (Lipinski definition) is 3. The zero-order valence-electron chi connectivity index (χ0n) is 9.99. The van der Waals surface area contributed by atoms with E-state index in [1.54, 1.807) is 33.2 Å². The van der Waals surface area contributed by atoms with Crippen molar-refractivity contribution in [2.75, 3.05) is 19.4 Å². The molecule has 0 aromatic heterocycles. The fourth-order valence-corrected chi connectivity index (χ4v) is 1.93. The van der Waals surface area contributed by atoms with E-state index in [0.717, 1.165) is 10.2 Å². The molecule has 0 bridgehead atoms. The normalized spacial score (nSPS) is 11.5. The van der Waals surface area contributed by atoms with Crippen LogP contribution in [0.25, 0.3) is 0 Å². The number of halogens is 1. The van der Waals surface area contributed by atoms with Crippen LogP contribution < -0.4 is 5.32 Å². The van der Waals surface area contributed by atoms with Crippen LogP contribution in [0.4, 0.5) is 5.69 Å². The second kappa shape index (κ2) is 5.69. The average molecular weight is 296 g/mol. The van der Waals surface area contributed by atoms with Crippen LogP contribution in [0, 0.1) is 11.3 Å². The number of carbonyl (C=O) groups excluding carboxylic acids is 1. The Morgan fingerprint density at radius 2 is 2.12 bits per heavy atom. The van der Waals surface area contributed by atoms with Crippen LogP contribution in [0.2, 0.25) is 0 Å². The topological polar surface area (TPSA) is 56.1 Å². The first-order chi connectivity index (χ1) is 7.93. The fourth-order valence-electron chi connectivity index (χ4n) is 1.44. The van der Waals surface area contributed by atoms with Gasteiger partial charge in [-0.05, 0) is 25.1 Å². The fraction of sp³-hybridized carbons (Fsp3) is 0.333. The third-order valence-corrected chi connectivity index (χ3v) is 2.68. The van der Waals surface area contributed by atoms with E-state index in [0.29, 0.717) is 5.56 Å². The summed E-state index contributed by atoms with van der Waals surface area (Å²) in [6.07, 6.45) is 0. The number of hydrogen-bond donors (Lipinski definition) is 1. The van der Waals surface area contributed by atoms with E-state index in [9.17, 15) is 4.79 Å². The first kappa shape index (κ1) is 13.5. The van der Waals surface area contributed by atoms with Crippen molar-refractivity contribution >= 4 is 27.5 Å². The van der Waals surface area contributed by atoms with Gasteiger partial charge in [0, 0.05) is 24.3 Å². The van der Waals surface area contributed by atoms with E-state index in [2.05, 4.69) is 27.3 Å². The number of likely N-dealkylation sites (N-methyl/N-ethyl adjacent to an activating group) is 1. The third-order valence-electron chi connectivity index (χ3n) is 2.22. The van der Waals surface area contributed by atoms with Crippen LogP contribution in [0.15, 0.2) is 22.7 Å². The Hall–Kier alpha value is -1.54. The molecule has 4 nitrogen and oxygen atoms in total. The summed E-state index contributed by atoms with van der Waals surface area (Å²) in [5.74, 6) is -0.0107. The van der Waals surface area contributed by atoms with Gasteiger partial charge in [0.2, 0.25) is 5.91 Å². The minimum absolute atomic E-state index is 0.0107. The van der Waals surface area contributed by atoms with Crippen molar-refractivity contribution in [1.82, 2.24) is 4.90 Å². The zero-order valence-corrected chi connectivity index (χ0v) is 11.6. The number of rotatable bonds is 3. The monoisotopic (exact) mass is 295 g/mol. The van der Waals surface area contributed by atoms with Gasteiger partial charge in [0.1, 0.15) is 6.04 Å². The van der Waals surface area contributed by atoms with E-state index in [1.165, 1.54) is 4.90 Å². The van der Waals surface area contributed by atoms with Gasteiger partial charge in [0.25, 0.3) is 0 Å². The van der Waals surface area contributed by atoms with Crippen molar-refractivity contribution in [3.05, 3.63) is 28.2 Å². The predicted molar refractivity (Wildman–Crippen MR) is 70.6 cm³/mol. The second-order valence-corrected chi connectivity index (χ2v) is 4.85. The molecule has 0 saturated carbocycles. The number of nitrogens with one attached hydrogen (secondary N) is 1. The van der Waals surface area contributed by atoms with Gasteiger partial charge >= 0.3 is 0 Å². The van der Waals surface area contributed by atoms with Gasteiger partial charge in [0.15, 0.2) is 0 Å². The predicted octanol–water partition coefficient (Wildman–Crippen LogP) is 2.21. The van der Waals surface area contributed by atoms with Crippen LogP contribution in [0.5, 0.6) is 0 Å². The molecule has 17 heavy (non-hydrogen) atoms. The molecule has 1 N–H and O–H groups in total. The van der Waals surface area contributed by atoms with E-state index in [4.69, 9.17) is 5.26 Å². The molecule has 1 atom stereocenters. The summed E-state index contributed by atoms with van der Waals surface area (Å²) in [4.78, 5) is 13.2. The molecule has 0 spiro atoms. The highest BCUT2D eigenvalue weighted by atomic mass is 79.9. The summed E-state index contributed by atoms with van der Waals surface area (Å²) in [5, 5.41) is 11.9. The van der Waals surface area contributed by atoms with Crippen molar-refractivity contribution < 1.29 is 4.79 Å². The lowest BCUT2D eigenvalue weighted by atomic mass is 10.2. The first-order valence-corrected chi connectivity index (χ1v) is 5.91. The molecule has 1 rings (SSSR count). The standard InChI is InChI=1S/C12H14BrN3O/c1-8(12(17)16(2)3)15-11-5-9(7-14)4-10(13)6-11/h4-6,8,15H,1-3H3. The van der Waals surface area contributed by atoms with Crippen LogP contribution in [-0.4, -0.2) is 30.9 Å². The zero-order chi connectivity index (χ0) is 13.0. The quantitative estimate of drug-likeness (QED) is 0.930. The number of amides is 1. The van der Waals surface area contributed by atoms with Crippen molar-refractivity contribution in [3.63, 3.8) is 0 Å². The van der Waals surface area contributed by atoms with Gasteiger partial charge in [-0.25, -0.2) is 0 Å². The maximum Gasteiger partial charge on any atom is 0.244 e. The largest absolute Gasteiger partial charge is 0.374 e. The number of nitriles is 1. The Bertz CT molecular complexity index is 465. The molecule has 0 heterocycles. The highest BCUT2D eigenvalue weighted by molar-refractivity contribution is 9.10. The SMILES string of the molecule is CC(Nc1cc(Br)cc(C#N)c1)C(=O)N(C)C. The van der Waals surface area contributed by atoms with Gasteiger partial charge in [-0.2, -0.15) is 5.26 Å². The maximum atomic E-state index is 11.7. The Balaban J connectivity index is 2.85. The summed E-state index contributed by atoms with van der Waals surface area (Å²) in [7, 11) is 3.42. The van der Waals surface area contributed by atoms with Crippen molar-refractivity contribution in [2.45, 2.75) is 13.0 Å². The molecule has 0 saturated heterocycles. The minimum atomic E-state index is -0.328. The van der Waals surface area contributed by atoms with Gasteiger partial charge in [-0.1, -0.05) is 15.9 Å². The van der Waals surface area contributed by atoms with Crippen molar-refractivity contribution in [1.29, 1.82) is 5.26 Å². The van der Waals surface area contributed by atoms with Crippen LogP contribution in [0.1, 0.15) is 12.5 Å². The molecule has 0 fully saturated rings. The van der Waals surface area contributed by atoms with E-state index in [-0.39, 0.29) is 11.9 Å². The summed E-state index contributed by atoms with van der Waals surface area (Å²) >= 11 is 3.32. The Morgan fingerprint density at radius 3 is 2.65 bits per heavy atom. The molecular weight excluding hydrogens is 282 g/mol. The Labute approximate surface area is 109 Å². The Morgan fingerprint density at radius 1 is 1.47 bits per heavy atom. The molecule has 0 radical (unpaired) electrons. The lowest BCUT2D eigenvalue weighted by Gasteiger charge is -2.19.